The van der Waals surface area contributed by atoms with Gasteiger partial charge in [0.2, 0.25) is 0 Å². The number of anilines is 1. The Labute approximate surface area is 119 Å². The Hall–Kier alpha value is -1.60. The molecular weight excluding hydrogens is 332 g/mol. The molecule has 0 unspecified atom stereocenters. The molecule has 0 aliphatic carbocycles. The van der Waals surface area contributed by atoms with Crippen LogP contribution in [-0.2, 0) is 10.0 Å². The number of aromatic nitrogens is 1. The zero-order valence-electron chi connectivity index (χ0n) is 9.96. The van der Waals surface area contributed by atoms with Crippen molar-refractivity contribution in [2.24, 2.45) is 0 Å². The smallest absolute Gasteiger partial charge is 0.263 e. The Morgan fingerprint density at radius 1 is 1.26 bits per heavy atom. The van der Waals surface area contributed by atoms with E-state index in [1.54, 1.807) is 12.1 Å². The van der Waals surface area contributed by atoms with E-state index in [0.717, 1.165) is 5.56 Å². The van der Waals surface area contributed by atoms with Crippen LogP contribution in [-0.4, -0.2) is 18.5 Å². The van der Waals surface area contributed by atoms with Crippen molar-refractivity contribution in [2.45, 2.75) is 11.8 Å². The molecule has 100 valence electrons. The van der Waals surface area contributed by atoms with E-state index in [1.807, 2.05) is 6.92 Å². The molecule has 1 aromatic carbocycles. The molecule has 0 aliphatic rings. The lowest BCUT2D eigenvalue weighted by atomic mass is 10.2. The van der Waals surface area contributed by atoms with E-state index in [4.69, 9.17) is 0 Å². The van der Waals surface area contributed by atoms with Gasteiger partial charge in [0, 0.05) is 10.7 Å². The summed E-state index contributed by atoms with van der Waals surface area (Å²) < 4.78 is 27.0. The van der Waals surface area contributed by atoms with Gasteiger partial charge < -0.3 is 5.11 Å². The van der Waals surface area contributed by atoms with E-state index in [-0.39, 0.29) is 16.5 Å². The molecule has 0 amide bonds. The van der Waals surface area contributed by atoms with Crippen molar-refractivity contribution in [2.75, 3.05) is 4.72 Å². The number of aryl methyl sites for hydroxylation is 1. The zero-order valence-corrected chi connectivity index (χ0v) is 12.4. The van der Waals surface area contributed by atoms with Gasteiger partial charge in [-0.05, 0) is 41.1 Å². The van der Waals surface area contributed by atoms with Crippen LogP contribution in [0.5, 0.6) is 5.75 Å². The molecule has 0 saturated carbocycles. The molecule has 7 heteroatoms. The van der Waals surface area contributed by atoms with Crippen molar-refractivity contribution in [1.29, 1.82) is 0 Å². The van der Waals surface area contributed by atoms with Gasteiger partial charge in [0.05, 0.1) is 4.90 Å². The standard InChI is InChI=1S/C12H11BrN2O3S/c1-8-2-4-10(5-3-8)19(17,18)15-12-11(16)6-9(13)7-14-12/h2-7,16H,1H3,(H,14,15). The van der Waals surface area contributed by atoms with Gasteiger partial charge >= 0.3 is 0 Å². The van der Waals surface area contributed by atoms with E-state index < -0.39 is 10.0 Å². The highest BCUT2D eigenvalue weighted by atomic mass is 79.9. The minimum atomic E-state index is -3.75. The van der Waals surface area contributed by atoms with E-state index in [9.17, 15) is 13.5 Å². The van der Waals surface area contributed by atoms with Gasteiger partial charge in [-0.1, -0.05) is 17.7 Å². The van der Waals surface area contributed by atoms with Crippen molar-refractivity contribution in [3.63, 3.8) is 0 Å². The van der Waals surface area contributed by atoms with Gasteiger partial charge in [-0.2, -0.15) is 0 Å². The quantitative estimate of drug-likeness (QED) is 0.898. The van der Waals surface area contributed by atoms with Gasteiger partial charge in [0.25, 0.3) is 10.0 Å². The van der Waals surface area contributed by atoms with E-state index >= 15 is 0 Å². The summed E-state index contributed by atoms with van der Waals surface area (Å²) in [6.45, 7) is 1.87. The SMILES string of the molecule is Cc1ccc(S(=O)(=O)Nc2ncc(Br)cc2O)cc1. The summed E-state index contributed by atoms with van der Waals surface area (Å²) in [6.07, 6.45) is 1.40. The average Bonchev–Trinajstić information content (AvgIpc) is 2.33. The summed E-state index contributed by atoms with van der Waals surface area (Å²) >= 11 is 3.13. The van der Waals surface area contributed by atoms with Crippen LogP contribution in [0, 0.1) is 6.92 Å². The normalized spacial score (nSPS) is 11.3. The third-order valence-corrected chi connectivity index (χ3v) is 4.19. The maximum atomic E-state index is 12.1. The summed E-state index contributed by atoms with van der Waals surface area (Å²) in [5.74, 6) is -0.353. The second-order valence-corrected chi connectivity index (χ2v) is 6.54. The number of nitrogens with one attached hydrogen (secondary N) is 1. The Morgan fingerprint density at radius 3 is 2.47 bits per heavy atom. The second kappa shape index (κ2) is 5.18. The second-order valence-electron chi connectivity index (χ2n) is 3.94. The highest BCUT2D eigenvalue weighted by Gasteiger charge is 2.16. The van der Waals surface area contributed by atoms with Gasteiger partial charge in [0.1, 0.15) is 0 Å². The molecule has 0 spiro atoms. The topological polar surface area (TPSA) is 79.3 Å². The lowest BCUT2D eigenvalue weighted by Crippen LogP contribution is -2.14. The first-order chi connectivity index (χ1) is 8.88. The summed E-state index contributed by atoms with van der Waals surface area (Å²) in [6, 6.07) is 7.74. The predicted octanol–water partition coefficient (Wildman–Crippen LogP) is 2.66. The van der Waals surface area contributed by atoms with Crippen molar-refractivity contribution >= 4 is 31.8 Å². The Balaban J connectivity index is 2.33. The van der Waals surface area contributed by atoms with Crippen LogP contribution in [0.2, 0.25) is 0 Å². The highest BCUT2D eigenvalue weighted by Crippen LogP contribution is 2.26. The summed E-state index contributed by atoms with van der Waals surface area (Å²) in [5, 5.41) is 9.63. The lowest BCUT2D eigenvalue weighted by Gasteiger charge is -2.09. The molecule has 0 bridgehead atoms. The molecule has 1 aromatic heterocycles. The molecule has 0 fully saturated rings. The first kappa shape index (κ1) is 13.8. The number of halogens is 1. The first-order valence-corrected chi connectivity index (χ1v) is 7.60. The number of nitrogens with zero attached hydrogens (tertiary/aromatic N) is 1. The summed E-state index contributed by atoms with van der Waals surface area (Å²) in [7, 11) is -3.75. The third kappa shape index (κ3) is 3.24. The third-order valence-electron chi connectivity index (χ3n) is 2.40. The summed E-state index contributed by atoms with van der Waals surface area (Å²) in [5.41, 5.74) is 0.962. The molecule has 2 N–H and O–H groups in total. The van der Waals surface area contributed by atoms with Crippen molar-refractivity contribution in [1.82, 2.24) is 4.98 Å². The van der Waals surface area contributed by atoms with Gasteiger partial charge in [-0.3, -0.25) is 4.72 Å². The number of hydrogen-bond donors (Lipinski definition) is 2. The number of pyridine rings is 1. The van der Waals surface area contributed by atoms with E-state index in [1.165, 1.54) is 24.4 Å². The Kier molecular flexibility index (Phi) is 3.77. The Bertz CT molecular complexity index is 699. The number of benzene rings is 1. The number of rotatable bonds is 3. The van der Waals surface area contributed by atoms with Crippen LogP contribution in [0.3, 0.4) is 0 Å². The molecule has 5 nitrogen and oxygen atoms in total. The fraction of sp³-hybridized carbons (Fsp3) is 0.0833. The molecule has 0 radical (unpaired) electrons. The number of aromatic hydroxyl groups is 1. The van der Waals surface area contributed by atoms with Crippen LogP contribution in [0.1, 0.15) is 5.56 Å². The average molecular weight is 343 g/mol. The summed E-state index contributed by atoms with van der Waals surface area (Å²) in [4.78, 5) is 3.93. The van der Waals surface area contributed by atoms with Crippen LogP contribution >= 0.6 is 15.9 Å². The lowest BCUT2D eigenvalue weighted by molar-refractivity contribution is 0.475. The van der Waals surface area contributed by atoms with Crippen LogP contribution in [0.25, 0.3) is 0 Å². The molecule has 2 aromatic rings. The Morgan fingerprint density at radius 2 is 1.89 bits per heavy atom. The first-order valence-electron chi connectivity index (χ1n) is 5.32. The van der Waals surface area contributed by atoms with Gasteiger partial charge in [-0.25, -0.2) is 13.4 Å². The van der Waals surface area contributed by atoms with Crippen molar-refractivity contribution in [3.05, 3.63) is 46.6 Å². The monoisotopic (exact) mass is 342 g/mol. The van der Waals surface area contributed by atoms with Crippen LogP contribution in [0.4, 0.5) is 5.82 Å². The van der Waals surface area contributed by atoms with Crippen LogP contribution in [0.15, 0.2) is 45.9 Å². The molecule has 0 aliphatic heterocycles. The molecule has 19 heavy (non-hydrogen) atoms. The molecule has 0 saturated heterocycles. The predicted molar refractivity (Wildman–Crippen MR) is 75.6 cm³/mol. The minimum absolute atomic E-state index is 0.108. The largest absolute Gasteiger partial charge is 0.504 e. The number of sulfonamides is 1. The fourth-order valence-electron chi connectivity index (χ4n) is 1.41. The molecule has 0 atom stereocenters. The minimum Gasteiger partial charge on any atom is -0.504 e. The molecular formula is C12H11BrN2O3S. The fourth-order valence-corrected chi connectivity index (χ4v) is 2.75. The van der Waals surface area contributed by atoms with E-state index in [2.05, 4.69) is 25.6 Å². The van der Waals surface area contributed by atoms with Gasteiger partial charge in [-0.15, -0.1) is 0 Å². The highest BCUT2D eigenvalue weighted by molar-refractivity contribution is 9.10. The van der Waals surface area contributed by atoms with Crippen LogP contribution < -0.4 is 4.72 Å². The number of hydrogen-bond acceptors (Lipinski definition) is 4. The van der Waals surface area contributed by atoms with Gasteiger partial charge in [0.15, 0.2) is 11.6 Å². The van der Waals surface area contributed by atoms with Crippen molar-refractivity contribution in [3.8, 4) is 5.75 Å². The maximum Gasteiger partial charge on any atom is 0.263 e. The maximum absolute atomic E-state index is 12.1. The van der Waals surface area contributed by atoms with Crippen molar-refractivity contribution < 1.29 is 13.5 Å². The molecule has 2 rings (SSSR count). The molecule has 1 heterocycles. The van der Waals surface area contributed by atoms with E-state index in [0.29, 0.717) is 4.47 Å². The zero-order chi connectivity index (χ0) is 14.0.